The summed E-state index contributed by atoms with van der Waals surface area (Å²) in [4.78, 5) is 17.0. The number of benzene rings is 1. The summed E-state index contributed by atoms with van der Waals surface area (Å²) in [5.74, 6) is 1.15. The quantitative estimate of drug-likeness (QED) is 0.757. The SMILES string of the molecule is CC1CN(C2CC2)CCN1C(=O)CCCOc1ccccc1. The lowest BCUT2D eigenvalue weighted by Gasteiger charge is -2.40. The minimum atomic E-state index is 0.277. The Morgan fingerprint density at radius 1 is 1.23 bits per heavy atom. The van der Waals surface area contributed by atoms with Gasteiger partial charge in [-0.15, -0.1) is 0 Å². The van der Waals surface area contributed by atoms with Crippen molar-refractivity contribution in [3.05, 3.63) is 30.3 Å². The van der Waals surface area contributed by atoms with Crippen LogP contribution in [0.3, 0.4) is 0 Å². The zero-order valence-corrected chi connectivity index (χ0v) is 13.4. The van der Waals surface area contributed by atoms with Crippen LogP contribution in [0.15, 0.2) is 30.3 Å². The van der Waals surface area contributed by atoms with E-state index in [0.29, 0.717) is 19.1 Å². The third-order valence-electron chi connectivity index (χ3n) is 4.59. The standard InChI is InChI=1S/C18H26N2O2/c1-15-14-19(16-9-10-16)11-12-20(15)18(21)8-5-13-22-17-6-3-2-4-7-17/h2-4,6-7,15-16H,5,8-14H2,1H3. The van der Waals surface area contributed by atoms with Crippen molar-refractivity contribution in [2.75, 3.05) is 26.2 Å². The number of nitrogens with zero attached hydrogens (tertiary/aromatic N) is 2. The third-order valence-corrected chi connectivity index (χ3v) is 4.59. The van der Waals surface area contributed by atoms with Gasteiger partial charge in [-0.2, -0.15) is 0 Å². The molecule has 22 heavy (non-hydrogen) atoms. The van der Waals surface area contributed by atoms with Crippen LogP contribution >= 0.6 is 0 Å². The largest absolute Gasteiger partial charge is 0.494 e. The van der Waals surface area contributed by atoms with Crippen molar-refractivity contribution < 1.29 is 9.53 Å². The Kier molecular flexibility index (Phi) is 4.98. The number of para-hydroxylation sites is 1. The van der Waals surface area contributed by atoms with E-state index in [9.17, 15) is 4.79 Å². The molecule has 4 nitrogen and oxygen atoms in total. The molecule has 1 amide bonds. The molecule has 0 spiro atoms. The summed E-state index contributed by atoms with van der Waals surface area (Å²) < 4.78 is 5.65. The fourth-order valence-electron chi connectivity index (χ4n) is 3.20. The third kappa shape index (κ3) is 4.01. The number of amides is 1. The summed E-state index contributed by atoms with van der Waals surface area (Å²) >= 11 is 0. The van der Waals surface area contributed by atoms with Crippen LogP contribution in [0.2, 0.25) is 0 Å². The monoisotopic (exact) mass is 302 g/mol. The van der Waals surface area contributed by atoms with Crippen molar-refractivity contribution in [3.8, 4) is 5.75 Å². The lowest BCUT2D eigenvalue weighted by atomic mass is 10.1. The Bertz CT molecular complexity index is 487. The first kappa shape index (κ1) is 15.3. The highest BCUT2D eigenvalue weighted by molar-refractivity contribution is 5.76. The van der Waals surface area contributed by atoms with Gasteiger partial charge in [-0.25, -0.2) is 0 Å². The normalized spacial score (nSPS) is 22.6. The average molecular weight is 302 g/mol. The minimum Gasteiger partial charge on any atom is -0.494 e. The maximum absolute atomic E-state index is 12.4. The number of carbonyl (C=O) groups excluding carboxylic acids is 1. The van der Waals surface area contributed by atoms with E-state index in [0.717, 1.165) is 37.8 Å². The van der Waals surface area contributed by atoms with Crippen LogP contribution in [0, 0.1) is 0 Å². The van der Waals surface area contributed by atoms with E-state index < -0.39 is 0 Å². The molecular formula is C18H26N2O2. The maximum Gasteiger partial charge on any atom is 0.223 e. The highest BCUT2D eigenvalue weighted by Gasteiger charge is 2.35. The molecule has 1 saturated carbocycles. The number of piperazine rings is 1. The molecule has 1 aliphatic carbocycles. The summed E-state index contributed by atoms with van der Waals surface area (Å²) in [6.07, 6.45) is 4.05. The second-order valence-corrected chi connectivity index (χ2v) is 6.43. The highest BCUT2D eigenvalue weighted by atomic mass is 16.5. The fraction of sp³-hybridized carbons (Fsp3) is 0.611. The van der Waals surface area contributed by atoms with Crippen molar-refractivity contribution in [2.45, 2.75) is 44.7 Å². The topological polar surface area (TPSA) is 32.8 Å². The van der Waals surface area contributed by atoms with Gasteiger partial charge in [-0.05, 0) is 38.3 Å². The molecule has 1 aromatic carbocycles. The lowest BCUT2D eigenvalue weighted by molar-refractivity contribution is -0.136. The molecule has 0 bridgehead atoms. The van der Waals surface area contributed by atoms with E-state index >= 15 is 0 Å². The molecular weight excluding hydrogens is 276 g/mol. The second-order valence-electron chi connectivity index (χ2n) is 6.43. The predicted octanol–water partition coefficient (Wildman–Crippen LogP) is 2.54. The predicted molar refractivity (Wildman–Crippen MR) is 86.9 cm³/mol. The van der Waals surface area contributed by atoms with E-state index in [-0.39, 0.29) is 5.91 Å². The Morgan fingerprint density at radius 3 is 2.68 bits per heavy atom. The summed E-state index contributed by atoms with van der Waals surface area (Å²) in [5, 5.41) is 0. The molecule has 0 aromatic heterocycles. The zero-order chi connectivity index (χ0) is 15.4. The van der Waals surface area contributed by atoms with Gasteiger partial charge in [0, 0.05) is 38.1 Å². The number of carbonyl (C=O) groups is 1. The Balaban J connectivity index is 1.36. The van der Waals surface area contributed by atoms with Crippen molar-refractivity contribution in [1.29, 1.82) is 0 Å². The Labute approximate surface area is 133 Å². The number of ether oxygens (including phenoxy) is 1. The van der Waals surface area contributed by atoms with Crippen LogP contribution in [0.1, 0.15) is 32.6 Å². The molecule has 2 fully saturated rings. The first-order chi connectivity index (χ1) is 10.7. The average Bonchev–Trinajstić information content (AvgIpc) is 3.37. The maximum atomic E-state index is 12.4. The molecule has 0 N–H and O–H groups in total. The van der Waals surface area contributed by atoms with Gasteiger partial charge in [0.15, 0.2) is 0 Å². The summed E-state index contributed by atoms with van der Waals surface area (Å²) in [6, 6.07) is 10.9. The number of hydrogen-bond acceptors (Lipinski definition) is 3. The second kappa shape index (κ2) is 7.14. The Morgan fingerprint density at radius 2 is 2.00 bits per heavy atom. The van der Waals surface area contributed by atoms with Gasteiger partial charge in [0.25, 0.3) is 0 Å². The van der Waals surface area contributed by atoms with E-state index in [2.05, 4.69) is 16.7 Å². The molecule has 1 atom stereocenters. The molecule has 1 aromatic rings. The number of rotatable bonds is 6. The van der Waals surface area contributed by atoms with Gasteiger partial charge in [-0.3, -0.25) is 9.69 Å². The van der Waals surface area contributed by atoms with Crippen LogP contribution in [-0.4, -0.2) is 54.0 Å². The van der Waals surface area contributed by atoms with Crippen LogP contribution in [-0.2, 0) is 4.79 Å². The smallest absolute Gasteiger partial charge is 0.223 e. The van der Waals surface area contributed by atoms with Gasteiger partial charge in [0.05, 0.1) is 6.61 Å². The van der Waals surface area contributed by atoms with Crippen molar-refractivity contribution in [2.24, 2.45) is 0 Å². The zero-order valence-electron chi connectivity index (χ0n) is 13.4. The van der Waals surface area contributed by atoms with Crippen molar-refractivity contribution in [3.63, 3.8) is 0 Å². The molecule has 1 unspecified atom stereocenters. The van der Waals surface area contributed by atoms with Crippen LogP contribution in [0.5, 0.6) is 5.75 Å². The number of hydrogen-bond donors (Lipinski definition) is 0. The summed E-state index contributed by atoms with van der Waals surface area (Å²) in [5.41, 5.74) is 0. The molecule has 1 aliphatic heterocycles. The van der Waals surface area contributed by atoms with Gasteiger partial charge in [0.1, 0.15) is 5.75 Å². The van der Waals surface area contributed by atoms with Gasteiger partial charge < -0.3 is 9.64 Å². The molecule has 1 saturated heterocycles. The fourth-order valence-corrected chi connectivity index (χ4v) is 3.20. The molecule has 0 radical (unpaired) electrons. The Hall–Kier alpha value is -1.55. The first-order valence-corrected chi connectivity index (χ1v) is 8.45. The van der Waals surface area contributed by atoms with Gasteiger partial charge in [0.2, 0.25) is 5.91 Å². The van der Waals surface area contributed by atoms with E-state index in [1.54, 1.807) is 0 Å². The van der Waals surface area contributed by atoms with E-state index in [1.165, 1.54) is 12.8 Å². The highest BCUT2D eigenvalue weighted by Crippen LogP contribution is 2.28. The minimum absolute atomic E-state index is 0.277. The van der Waals surface area contributed by atoms with Crippen molar-refractivity contribution >= 4 is 5.91 Å². The first-order valence-electron chi connectivity index (χ1n) is 8.45. The summed E-state index contributed by atoms with van der Waals surface area (Å²) in [7, 11) is 0. The molecule has 2 aliphatic rings. The van der Waals surface area contributed by atoms with Gasteiger partial charge in [-0.1, -0.05) is 18.2 Å². The molecule has 1 heterocycles. The van der Waals surface area contributed by atoms with Crippen LogP contribution in [0.25, 0.3) is 0 Å². The van der Waals surface area contributed by atoms with Crippen LogP contribution < -0.4 is 4.74 Å². The van der Waals surface area contributed by atoms with Gasteiger partial charge >= 0.3 is 0 Å². The lowest BCUT2D eigenvalue weighted by Crippen LogP contribution is -2.54. The molecule has 3 rings (SSSR count). The van der Waals surface area contributed by atoms with E-state index in [1.807, 2.05) is 30.3 Å². The van der Waals surface area contributed by atoms with E-state index in [4.69, 9.17) is 4.74 Å². The van der Waals surface area contributed by atoms with Crippen LogP contribution in [0.4, 0.5) is 0 Å². The molecule has 4 heteroatoms. The molecule has 120 valence electrons. The summed E-state index contributed by atoms with van der Waals surface area (Å²) in [6.45, 7) is 5.74. The van der Waals surface area contributed by atoms with Crippen molar-refractivity contribution in [1.82, 2.24) is 9.80 Å².